The lowest BCUT2D eigenvalue weighted by Crippen LogP contribution is -2.14. The summed E-state index contributed by atoms with van der Waals surface area (Å²) in [6.07, 6.45) is 3.45. The SMILES string of the molecule is CCCCc1ccc(NC(=O)CSc2ccc(-c3ccc(C)c(C)c3)nn2)cc1. The first-order chi connectivity index (χ1) is 14.0. The van der Waals surface area contributed by atoms with Gasteiger partial charge in [-0.25, -0.2) is 0 Å². The Kier molecular flexibility index (Phi) is 7.42. The summed E-state index contributed by atoms with van der Waals surface area (Å²) in [5.74, 6) is 0.256. The fourth-order valence-electron chi connectivity index (χ4n) is 2.92. The van der Waals surface area contributed by atoms with E-state index in [1.165, 1.54) is 41.3 Å². The molecule has 0 saturated heterocycles. The van der Waals surface area contributed by atoms with Gasteiger partial charge in [-0.3, -0.25) is 4.79 Å². The summed E-state index contributed by atoms with van der Waals surface area (Å²) in [4.78, 5) is 12.2. The van der Waals surface area contributed by atoms with Crippen LogP contribution in [0.15, 0.2) is 59.6 Å². The lowest BCUT2D eigenvalue weighted by molar-refractivity contribution is -0.113. The average molecular weight is 406 g/mol. The number of amides is 1. The molecule has 1 heterocycles. The summed E-state index contributed by atoms with van der Waals surface area (Å²) in [5, 5.41) is 12.2. The highest BCUT2D eigenvalue weighted by Crippen LogP contribution is 2.22. The number of nitrogens with zero attached hydrogens (tertiary/aromatic N) is 2. The molecule has 29 heavy (non-hydrogen) atoms. The number of benzene rings is 2. The first-order valence-corrected chi connectivity index (χ1v) is 11.0. The Hall–Kier alpha value is -2.66. The number of aromatic nitrogens is 2. The molecule has 0 aliphatic carbocycles. The van der Waals surface area contributed by atoms with E-state index in [2.05, 4.69) is 66.6 Å². The number of rotatable bonds is 8. The number of carbonyl (C=O) groups excluding carboxylic acids is 1. The van der Waals surface area contributed by atoms with Crippen molar-refractivity contribution in [3.63, 3.8) is 0 Å². The van der Waals surface area contributed by atoms with Gasteiger partial charge in [0.1, 0.15) is 5.03 Å². The number of hydrogen-bond acceptors (Lipinski definition) is 4. The van der Waals surface area contributed by atoms with Crippen LogP contribution < -0.4 is 5.32 Å². The van der Waals surface area contributed by atoms with E-state index in [1.54, 1.807) is 0 Å². The number of thioether (sulfide) groups is 1. The smallest absolute Gasteiger partial charge is 0.234 e. The Morgan fingerprint density at radius 2 is 1.76 bits per heavy atom. The molecule has 0 unspecified atom stereocenters. The van der Waals surface area contributed by atoms with Crippen LogP contribution in [0.25, 0.3) is 11.3 Å². The molecular weight excluding hydrogens is 378 g/mol. The lowest BCUT2D eigenvalue weighted by Gasteiger charge is -2.07. The van der Waals surface area contributed by atoms with Crippen LogP contribution in [0, 0.1) is 13.8 Å². The van der Waals surface area contributed by atoms with Crippen molar-refractivity contribution < 1.29 is 4.79 Å². The van der Waals surface area contributed by atoms with E-state index < -0.39 is 0 Å². The molecule has 0 bridgehead atoms. The topological polar surface area (TPSA) is 54.9 Å². The minimum atomic E-state index is -0.0451. The molecule has 0 saturated carbocycles. The molecular formula is C24H27N3OS. The van der Waals surface area contributed by atoms with E-state index in [1.807, 2.05) is 24.3 Å². The standard InChI is InChI=1S/C24H27N3OS/c1-4-5-6-19-8-11-21(12-9-19)25-23(28)16-29-24-14-13-22(26-27-24)20-10-7-17(2)18(3)15-20/h7-15H,4-6,16H2,1-3H3,(H,25,28). The first kappa shape index (κ1) is 21.1. The summed E-state index contributed by atoms with van der Waals surface area (Å²) in [6.45, 7) is 6.37. The van der Waals surface area contributed by atoms with E-state index in [9.17, 15) is 4.79 Å². The van der Waals surface area contributed by atoms with Crippen LogP contribution in [0.5, 0.6) is 0 Å². The third-order valence-electron chi connectivity index (χ3n) is 4.85. The van der Waals surface area contributed by atoms with E-state index >= 15 is 0 Å². The van der Waals surface area contributed by atoms with Crippen molar-refractivity contribution in [2.24, 2.45) is 0 Å². The lowest BCUT2D eigenvalue weighted by atomic mass is 10.0. The predicted molar refractivity (Wildman–Crippen MR) is 121 cm³/mol. The van der Waals surface area contributed by atoms with Crippen molar-refractivity contribution in [1.82, 2.24) is 10.2 Å². The van der Waals surface area contributed by atoms with Crippen LogP contribution in [0.4, 0.5) is 5.69 Å². The van der Waals surface area contributed by atoms with Crippen LogP contribution >= 0.6 is 11.8 Å². The highest BCUT2D eigenvalue weighted by molar-refractivity contribution is 7.99. The van der Waals surface area contributed by atoms with E-state index in [0.717, 1.165) is 28.4 Å². The monoisotopic (exact) mass is 405 g/mol. The maximum absolute atomic E-state index is 12.2. The largest absolute Gasteiger partial charge is 0.325 e. The molecule has 1 N–H and O–H groups in total. The van der Waals surface area contributed by atoms with Crippen LogP contribution in [0.3, 0.4) is 0 Å². The second kappa shape index (κ2) is 10.2. The molecule has 0 radical (unpaired) electrons. The number of hydrogen-bond donors (Lipinski definition) is 1. The van der Waals surface area contributed by atoms with Crippen molar-refractivity contribution >= 4 is 23.4 Å². The Morgan fingerprint density at radius 3 is 2.41 bits per heavy atom. The third kappa shape index (κ3) is 6.16. The summed E-state index contributed by atoms with van der Waals surface area (Å²) in [6, 6.07) is 18.2. The van der Waals surface area contributed by atoms with Crippen molar-refractivity contribution in [3.05, 3.63) is 71.3 Å². The molecule has 3 aromatic rings. The Bertz CT molecular complexity index is 953. The number of anilines is 1. The van der Waals surface area contributed by atoms with E-state index in [0.29, 0.717) is 5.75 Å². The zero-order valence-electron chi connectivity index (χ0n) is 17.2. The Balaban J connectivity index is 1.51. The molecule has 1 amide bonds. The molecule has 2 aromatic carbocycles. The van der Waals surface area contributed by atoms with Crippen LogP contribution in [-0.2, 0) is 11.2 Å². The van der Waals surface area contributed by atoms with Gasteiger partial charge in [0, 0.05) is 11.3 Å². The maximum atomic E-state index is 12.2. The summed E-state index contributed by atoms with van der Waals surface area (Å²) in [7, 11) is 0. The maximum Gasteiger partial charge on any atom is 0.234 e. The van der Waals surface area contributed by atoms with Crippen LogP contribution in [0.2, 0.25) is 0 Å². The minimum Gasteiger partial charge on any atom is -0.325 e. The van der Waals surface area contributed by atoms with Crippen molar-refractivity contribution in [2.75, 3.05) is 11.1 Å². The molecule has 4 nitrogen and oxygen atoms in total. The van der Waals surface area contributed by atoms with Gasteiger partial charge in [0.2, 0.25) is 5.91 Å². The predicted octanol–water partition coefficient (Wildman–Crippen LogP) is 5.83. The van der Waals surface area contributed by atoms with Gasteiger partial charge in [-0.1, -0.05) is 49.4 Å². The zero-order chi connectivity index (χ0) is 20.6. The van der Waals surface area contributed by atoms with Crippen molar-refractivity contribution in [1.29, 1.82) is 0 Å². The minimum absolute atomic E-state index is 0.0451. The highest BCUT2D eigenvalue weighted by atomic mass is 32.2. The zero-order valence-corrected chi connectivity index (χ0v) is 18.1. The molecule has 5 heteroatoms. The van der Waals surface area contributed by atoms with E-state index in [-0.39, 0.29) is 5.91 Å². The second-order valence-electron chi connectivity index (χ2n) is 7.19. The quantitative estimate of drug-likeness (QED) is 0.479. The summed E-state index contributed by atoms with van der Waals surface area (Å²) in [5.41, 5.74) is 6.51. The van der Waals surface area contributed by atoms with Crippen molar-refractivity contribution in [3.8, 4) is 11.3 Å². The van der Waals surface area contributed by atoms with Gasteiger partial charge in [0.25, 0.3) is 0 Å². The van der Waals surface area contributed by atoms with E-state index in [4.69, 9.17) is 0 Å². The molecule has 0 aliphatic heterocycles. The molecule has 0 aliphatic rings. The molecule has 0 atom stereocenters. The van der Waals surface area contributed by atoms with Gasteiger partial charge in [0.15, 0.2) is 0 Å². The number of nitrogens with one attached hydrogen (secondary N) is 1. The van der Waals surface area contributed by atoms with Gasteiger partial charge < -0.3 is 5.32 Å². The molecule has 0 fully saturated rings. The van der Waals surface area contributed by atoms with Crippen molar-refractivity contribution in [2.45, 2.75) is 45.1 Å². The first-order valence-electron chi connectivity index (χ1n) is 9.98. The highest BCUT2D eigenvalue weighted by Gasteiger charge is 2.07. The summed E-state index contributed by atoms with van der Waals surface area (Å²) >= 11 is 1.39. The van der Waals surface area contributed by atoms with Gasteiger partial charge in [-0.05, 0) is 73.7 Å². The van der Waals surface area contributed by atoms with Gasteiger partial charge in [-0.15, -0.1) is 10.2 Å². The van der Waals surface area contributed by atoms with Gasteiger partial charge in [-0.2, -0.15) is 0 Å². The number of aryl methyl sites for hydroxylation is 3. The molecule has 1 aromatic heterocycles. The molecule has 150 valence electrons. The fourth-order valence-corrected chi connectivity index (χ4v) is 3.54. The van der Waals surface area contributed by atoms with Gasteiger partial charge in [0.05, 0.1) is 11.4 Å². The second-order valence-corrected chi connectivity index (χ2v) is 8.19. The van der Waals surface area contributed by atoms with Crippen LogP contribution in [0.1, 0.15) is 36.5 Å². The van der Waals surface area contributed by atoms with Gasteiger partial charge >= 0.3 is 0 Å². The Morgan fingerprint density at radius 1 is 0.966 bits per heavy atom. The number of carbonyl (C=O) groups is 1. The summed E-state index contributed by atoms with van der Waals surface area (Å²) < 4.78 is 0. The molecule has 3 rings (SSSR count). The Labute approximate surface area is 177 Å². The fraction of sp³-hybridized carbons (Fsp3) is 0.292. The average Bonchev–Trinajstić information content (AvgIpc) is 2.74. The molecule has 0 spiro atoms. The number of unbranched alkanes of at least 4 members (excludes halogenated alkanes) is 1. The van der Waals surface area contributed by atoms with Crippen LogP contribution in [-0.4, -0.2) is 21.9 Å². The normalized spacial score (nSPS) is 10.7. The third-order valence-corrected chi connectivity index (χ3v) is 5.77.